The molecule has 96 valence electrons. The van der Waals surface area contributed by atoms with Crippen LogP contribution >= 0.6 is 11.3 Å². The lowest BCUT2D eigenvalue weighted by atomic mass is 9.98. The number of thiazole rings is 1. The van der Waals surface area contributed by atoms with Gasteiger partial charge in [0.25, 0.3) is 0 Å². The summed E-state index contributed by atoms with van der Waals surface area (Å²) in [6.07, 6.45) is 4.60. The van der Waals surface area contributed by atoms with Gasteiger partial charge in [-0.05, 0) is 45.7 Å². The second kappa shape index (κ2) is 6.47. The van der Waals surface area contributed by atoms with E-state index in [0.717, 1.165) is 31.6 Å². The summed E-state index contributed by atoms with van der Waals surface area (Å²) in [6, 6.07) is 0. The van der Waals surface area contributed by atoms with E-state index in [1.165, 1.54) is 24.4 Å². The van der Waals surface area contributed by atoms with E-state index < -0.39 is 0 Å². The summed E-state index contributed by atoms with van der Waals surface area (Å²) in [7, 11) is 0. The van der Waals surface area contributed by atoms with E-state index in [1.54, 1.807) is 0 Å². The molecule has 17 heavy (non-hydrogen) atoms. The fourth-order valence-corrected chi connectivity index (χ4v) is 3.39. The zero-order valence-corrected chi connectivity index (χ0v) is 11.4. The number of aromatic nitrogens is 1. The zero-order valence-electron chi connectivity index (χ0n) is 10.6. The lowest BCUT2D eigenvalue weighted by molar-refractivity contribution is 0.195. The van der Waals surface area contributed by atoms with Crippen LogP contribution in [0.5, 0.6) is 0 Å². The predicted octanol–water partition coefficient (Wildman–Crippen LogP) is 2.40. The second-order valence-electron chi connectivity index (χ2n) is 4.90. The number of aryl methyl sites for hydroxylation is 1. The Balaban J connectivity index is 1.84. The maximum Gasteiger partial charge on any atom is 0.0971 e. The normalized spacial score (nSPS) is 21.9. The highest BCUT2D eigenvalue weighted by molar-refractivity contribution is 7.09. The smallest absolute Gasteiger partial charge is 0.0971 e. The van der Waals surface area contributed by atoms with Gasteiger partial charge in [-0.2, -0.15) is 0 Å². The van der Waals surface area contributed by atoms with Crippen LogP contribution in [0.4, 0.5) is 0 Å². The largest absolute Gasteiger partial charge is 0.396 e. The maximum atomic E-state index is 8.80. The molecule has 1 N–H and O–H groups in total. The van der Waals surface area contributed by atoms with Crippen LogP contribution in [0.2, 0.25) is 0 Å². The van der Waals surface area contributed by atoms with Crippen LogP contribution in [-0.4, -0.2) is 41.2 Å². The molecule has 1 aromatic rings. The molecule has 0 amide bonds. The molecule has 4 heteroatoms. The number of aliphatic hydroxyl groups excluding tert-OH is 1. The van der Waals surface area contributed by atoms with Gasteiger partial charge in [0.2, 0.25) is 0 Å². The van der Waals surface area contributed by atoms with Crippen LogP contribution in [-0.2, 0) is 0 Å². The van der Waals surface area contributed by atoms with Gasteiger partial charge >= 0.3 is 0 Å². The molecule has 0 radical (unpaired) electrons. The zero-order chi connectivity index (χ0) is 12.1. The first kappa shape index (κ1) is 13.0. The lowest BCUT2D eigenvalue weighted by Gasteiger charge is -2.31. The second-order valence-corrected chi connectivity index (χ2v) is 5.79. The van der Waals surface area contributed by atoms with Gasteiger partial charge in [0.15, 0.2) is 0 Å². The molecule has 1 aromatic heterocycles. The van der Waals surface area contributed by atoms with Gasteiger partial charge in [0.05, 0.1) is 5.01 Å². The Hall–Kier alpha value is -0.450. The van der Waals surface area contributed by atoms with Crippen LogP contribution in [0.15, 0.2) is 5.38 Å². The highest BCUT2D eigenvalue weighted by Crippen LogP contribution is 2.29. The number of aliphatic hydroxyl groups is 1. The third-order valence-electron chi connectivity index (χ3n) is 3.37. The van der Waals surface area contributed by atoms with Crippen LogP contribution in [0.25, 0.3) is 0 Å². The van der Waals surface area contributed by atoms with E-state index in [-0.39, 0.29) is 0 Å². The van der Waals surface area contributed by atoms with Crippen molar-refractivity contribution in [3.63, 3.8) is 0 Å². The molecule has 1 atom stereocenters. The van der Waals surface area contributed by atoms with Gasteiger partial charge in [0.1, 0.15) is 0 Å². The van der Waals surface area contributed by atoms with E-state index >= 15 is 0 Å². The van der Waals surface area contributed by atoms with E-state index in [9.17, 15) is 0 Å². The van der Waals surface area contributed by atoms with Crippen molar-refractivity contribution in [1.82, 2.24) is 9.88 Å². The molecule has 1 saturated heterocycles. The third kappa shape index (κ3) is 3.76. The van der Waals surface area contributed by atoms with Crippen molar-refractivity contribution < 1.29 is 5.11 Å². The Bertz CT molecular complexity index is 340. The number of hydrogen-bond acceptors (Lipinski definition) is 4. The Morgan fingerprint density at radius 1 is 1.53 bits per heavy atom. The quantitative estimate of drug-likeness (QED) is 0.820. The van der Waals surface area contributed by atoms with E-state index in [1.807, 2.05) is 11.3 Å². The van der Waals surface area contributed by atoms with Crippen molar-refractivity contribution in [2.45, 2.75) is 38.5 Å². The van der Waals surface area contributed by atoms with Gasteiger partial charge in [-0.1, -0.05) is 0 Å². The van der Waals surface area contributed by atoms with Crippen molar-refractivity contribution in [3.8, 4) is 0 Å². The Labute approximate surface area is 107 Å². The molecule has 0 spiro atoms. The molecule has 0 saturated carbocycles. The van der Waals surface area contributed by atoms with Crippen LogP contribution < -0.4 is 0 Å². The summed E-state index contributed by atoms with van der Waals surface area (Å²) < 4.78 is 0. The van der Waals surface area contributed by atoms with E-state index in [0.29, 0.717) is 12.5 Å². The molecule has 2 heterocycles. The number of nitrogens with zero attached hydrogens (tertiary/aromatic N) is 2. The number of hydrogen-bond donors (Lipinski definition) is 1. The summed E-state index contributed by atoms with van der Waals surface area (Å²) in [5.74, 6) is 0.636. The Morgan fingerprint density at radius 2 is 2.41 bits per heavy atom. The summed E-state index contributed by atoms with van der Waals surface area (Å²) >= 11 is 1.81. The lowest BCUT2D eigenvalue weighted by Crippen LogP contribution is -2.35. The molecular formula is C13H22N2OS. The average Bonchev–Trinajstić information content (AvgIpc) is 2.77. The van der Waals surface area contributed by atoms with Gasteiger partial charge in [-0.15, -0.1) is 11.3 Å². The van der Waals surface area contributed by atoms with Gasteiger partial charge in [-0.3, -0.25) is 0 Å². The van der Waals surface area contributed by atoms with Crippen molar-refractivity contribution >= 4 is 11.3 Å². The minimum Gasteiger partial charge on any atom is -0.396 e. The van der Waals surface area contributed by atoms with Crippen molar-refractivity contribution in [2.24, 2.45) is 0 Å². The molecule has 3 nitrogen and oxygen atoms in total. The molecule has 1 aliphatic rings. The standard InChI is InChI=1S/C13H22N2OS/c1-11-10-17-13(14-11)12-5-4-7-15(9-12)6-2-3-8-16/h10,12,16H,2-9H2,1H3. The number of piperidine rings is 1. The van der Waals surface area contributed by atoms with E-state index in [4.69, 9.17) is 5.11 Å². The van der Waals surface area contributed by atoms with Crippen LogP contribution in [0, 0.1) is 6.92 Å². The maximum absolute atomic E-state index is 8.80. The minimum absolute atomic E-state index is 0.322. The summed E-state index contributed by atoms with van der Waals surface area (Å²) in [5, 5.41) is 12.3. The first-order chi connectivity index (χ1) is 8.29. The van der Waals surface area contributed by atoms with Gasteiger partial charge in [0, 0.05) is 30.1 Å². The molecule has 1 fully saturated rings. The number of likely N-dealkylation sites (tertiary alicyclic amines) is 1. The SMILES string of the molecule is Cc1csc(C2CCCN(CCCCO)C2)n1. The fraction of sp³-hybridized carbons (Fsp3) is 0.769. The molecule has 1 unspecified atom stereocenters. The average molecular weight is 254 g/mol. The van der Waals surface area contributed by atoms with E-state index in [2.05, 4.69) is 22.2 Å². The van der Waals surface area contributed by atoms with Crippen molar-refractivity contribution in [2.75, 3.05) is 26.2 Å². The number of rotatable bonds is 5. The first-order valence-electron chi connectivity index (χ1n) is 6.55. The van der Waals surface area contributed by atoms with Gasteiger partial charge in [-0.25, -0.2) is 4.98 Å². The highest BCUT2D eigenvalue weighted by atomic mass is 32.1. The predicted molar refractivity (Wildman–Crippen MR) is 71.6 cm³/mol. The fourth-order valence-electron chi connectivity index (χ4n) is 2.47. The summed E-state index contributed by atoms with van der Waals surface area (Å²) in [6.45, 7) is 5.89. The summed E-state index contributed by atoms with van der Waals surface area (Å²) in [5.41, 5.74) is 1.16. The van der Waals surface area contributed by atoms with Crippen molar-refractivity contribution in [1.29, 1.82) is 0 Å². The highest BCUT2D eigenvalue weighted by Gasteiger charge is 2.22. The van der Waals surface area contributed by atoms with Crippen molar-refractivity contribution in [3.05, 3.63) is 16.1 Å². The minimum atomic E-state index is 0.322. The first-order valence-corrected chi connectivity index (χ1v) is 7.43. The molecule has 1 aliphatic heterocycles. The molecule has 0 bridgehead atoms. The molecule has 0 aliphatic carbocycles. The monoisotopic (exact) mass is 254 g/mol. The Kier molecular flexibility index (Phi) is 4.95. The van der Waals surface area contributed by atoms with Crippen LogP contribution in [0.1, 0.15) is 42.3 Å². The Morgan fingerprint density at radius 3 is 3.12 bits per heavy atom. The number of unbranched alkanes of at least 4 members (excludes halogenated alkanes) is 1. The van der Waals surface area contributed by atoms with Crippen LogP contribution in [0.3, 0.4) is 0 Å². The molecule has 0 aromatic carbocycles. The molecule has 2 rings (SSSR count). The third-order valence-corrected chi connectivity index (χ3v) is 4.50. The van der Waals surface area contributed by atoms with Gasteiger partial charge < -0.3 is 10.0 Å². The topological polar surface area (TPSA) is 36.4 Å². The summed E-state index contributed by atoms with van der Waals surface area (Å²) in [4.78, 5) is 7.15. The molecular weight excluding hydrogens is 232 g/mol.